The van der Waals surface area contributed by atoms with Crippen LogP contribution in [0.5, 0.6) is 0 Å². The summed E-state index contributed by atoms with van der Waals surface area (Å²) >= 11 is 0. The number of hydrogen-bond acceptors (Lipinski definition) is 4. The van der Waals surface area contributed by atoms with E-state index >= 15 is 0 Å². The van der Waals surface area contributed by atoms with Gasteiger partial charge in [-0.2, -0.15) is 0 Å². The Morgan fingerprint density at radius 3 is 2.29 bits per heavy atom. The van der Waals surface area contributed by atoms with E-state index in [1.807, 2.05) is 0 Å². The first kappa shape index (κ1) is 33.5. The maximum atomic E-state index is 12.7. The van der Waals surface area contributed by atoms with Gasteiger partial charge in [0.15, 0.2) is 16.6 Å². The van der Waals surface area contributed by atoms with Crippen LogP contribution in [0.4, 0.5) is 0 Å². The van der Waals surface area contributed by atoms with Crippen molar-refractivity contribution >= 4 is 22.6 Å². The second kappa shape index (κ2) is 13.8. The van der Waals surface area contributed by atoms with Crippen molar-refractivity contribution in [3.8, 4) is 0 Å². The molecule has 1 saturated carbocycles. The number of esters is 1. The lowest BCUT2D eigenvalue weighted by Gasteiger charge is -2.40. The molecule has 0 aromatic rings. The van der Waals surface area contributed by atoms with E-state index in [0.717, 1.165) is 32.1 Å². The average Bonchev–Trinajstić information content (AvgIpc) is 3.07. The zero-order valence-corrected chi connectivity index (χ0v) is 28.7. The molecule has 2 aliphatic rings. The van der Waals surface area contributed by atoms with Crippen molar-refractivity contribution in [1.29, 1.82) is 0 Å². The molecule has 2 rings (SSSR count). The molecule has 1 heterocycles. The highest BCUT2D eigenvalue weighted by Crippen LogP contribution is 2.46. The molecule has 0 saturated heterocycles. The Hall–Kier alpha value is -0.696. The number of rotatable bonds is 10. The zero-order valence-electron chi connectivity index (χ0n) is 26.7. The normalized spacial score (nSPS) is 27.7. The van der Waals surface area contributed by atoms with E-state index in [-0.39, 0.29) is 46.2 Å². The molecule has 6 heteroatoms. The lowest BCUT2D eigenvalue weighted by Crippen LogP contribution is -2.45. The molecule has 4 nitrogen and oxygen atoms in total. The molecule has 0 aromatic carbocycles. The van der Waals surface area contributed by atoms with Crippen LogP contribution in [-0.4, -0.2) is 40.9 Å². The van der Waals surface area contributed by atoms with Gasteiger partial charge in [-0.3, -0.25) is 4.79 Å². The van der Waals surface area contributed by atoms with Gasteiger partial charge in [-0.25, -0.2) is 0 Å². The number of ether oxygens (including phenoxy) is 1. The van der Waals surface area contributed by atoms with Crippen LogP contribution in [-0.2, 0) is 18.4 Å². The van der Waals surface area contributed by atoms with Crippen LogP contribution >= 0.6 is 0 Å². The third-order valence-electron chi connectivity index (χ3n) is 9.62. The van der Waals surface area contributed by atoms with Crippen LogP contribution in [0.15, 0.2) is 24.3 Å². The van der Waals surface area contributed by atoms with Gasteiger partial charge in [-0.15, -0.1) is 0 Å². The maximum Gasteiger partial charge on any atom is 0.306 e. The summed E-state index contributed by atoms with van der Waals surface area (Å²) in [5.41, 5.74) is 0. The van der Waals surface area contributed by atoms with E-state index in [0.29, 0.717) is 6.42 Å². The summed E-state index contributed by atoms with van der Waals surface area (Å²) < 4.78 is 20.2. The monoisotopic (exact) mass is 564 g/mol. The Balaban J connectivity index is 2.41. The first-order valence-electron chi connectivity index (χ1n) is 15.4. The Labute approximate surface area is 237 Å². The molecule has 5 atom stereocenters. The standard InChI is InChI=1S/C32H60O4Si2/c1-12-13-16-19-25(35-37(8,9)31(2,3)4)22-23-27-26-20-17-14-15-18-21-30(33)34-28(26)24-29(27)36-38(10,11)32(5,6)7/h14,17,22-23,25-29H,12-13,15-16,18-21,24H2,1-11H3/b17-14-,23-22+/t25-,26+,27+,28-,29?/m0/s1. The number of carbonyl (C=O) groups is 1. The van der Waals surface area contributed by atoms with Gasteiger partial charge in [0.1, 0.15) is 6.10 Å². The molecule has 0 amide bonds. The fourth-order valence-electron chi connectivity index (χ4n) is 5.04. The van der Waals surface area contributed by atoms with Crippen molar-refractivity contribution in [3.05, 3.63) is 24.3 Å². The van der Waals surface area contributed by atoms with Crippen molar-refractivity contribution in [2.24, 2.45) is 11.8 Å². The Bertz CT molecular complexity index is 803. The molecule has 1 unspecified atom stereocenters. The number of carbonyl (C=O) groups excluding carboxylic acids is 1. The summed E-state index contributed by atoms with van der Waals surface area (Å²) in [7, 11) is -3.91. The van der Waals surface area contributed by atoms with E-state index < -0.39 is 16.6 Å². The van der Waals surface area contributed by atoms with Crippen molar-refractivity contribution in [2.45, 2.75) is 161 Å². The van der Waals surface area contributed by atoms with Gasteiger partial charge in [0.25, 0.3) is 0 Å². The van der Waals surface area contributed by atoms with Crippen LogP contribution in [0.2, 0.25) is 36.3 Å². The zero-order chi connectivity index (χ0) is 28.8. The second-order valence-electron chi connectivity index (χ2n) is 14.8. The smallest absolute Gasteiger partial charge is 0.306 e. The van der Waals surface area contributed by atoms with Crippen LogP contribution in [0.1, 0.15) is 106 Å². The quantitative estimate of drug-likeness (QED) is 0.115. The van der Waals surface area contributed by atoms with Crippen LogP contribution in [0.25, 0.3) is 0 Å². The molecule has 38 heavy (non-hydrogen) atoms. The molecular weight excluding hydrogens is 505 g/mol. The molecule has 1 fully saturated rings. The predicted molar refractivity (Wildman–Crippen MR) is 167 cm³/mol. The van der Waals surface area contributed by atoms with Crippen molar-refractivity contribution in [3.63, 3.8) is 0 Å². The van der Waals surface area contributed by atoms with E-state index in [1.165, 1.54) is 19.3 Å². The molecule has 1 aliphatic heterocycles. The molecule has 0 aromatic heterocycles. The molecule has 220 valence electrons. The van der Waals surface area contributed by atoms with Gasteiger partial charge >= 0.3 is 5.97 Å². The third kappa shape index (κ3) is 9.45. The van der Waals surface area contributed by atoms with Gasteiger partial charge in [-0.1, -0.05) is 92.0 Å². The Morgan fingerprint density at radius 1 is 1.03 bits per heavy atom. The topological polar surface area (TPSA) is 44.8 Å². The first-order chi connectivity index (χ1) is 17.5. The molecular formula is C32H60O4Si2. The van der Waals surface area contributed by atoms with Crippen LogP contribution in [0, 0.1) is 11.8 Å². The molecule has 1 aliphatic carbocycles. The third-order valence-corrected chi connectivity index (χ3v) is 18.6. The van der Waals surface area contributed by atoms with E-state index in [9.17, 15) is 4.79 Å². The van der Waals surface area contributed by atoms with Crippen molar-refractivity contribution < 1.29 is 18.4 Å². The molecule has 0 spiro atoms. The maximum absolute atomic E-state index is 12.7. The lowest BCUT2D eigenvalue weighted by molar-refractivity contribution is -0.151. The number of hydrogen-bond donors (Lipinski definition) is 0. The minimum Gasteiger partial charge on any atom is -0.462 e. The number of unbranched alkanes of at least 4 members (excludes halogenated alkanes) is 2. The van der Waals surface area contributed by atoms with Crippen molar-refractivity contribution in [1.82, 2.24) is 0 Å². The summed E-state index contributed by atoms with van der Waals surface area (Å²) in [6, 6.07) is 0. The SMILES string of the molecule is CCCCC[C@@H](/C=C/[C@H]1C(O[Si](C)(C)C(C)(C)C)C[C@@H]2OC(=O)CCC/C=C\C[C@@H]21)O[Si](C)(C)C(C)(C)C. The van der Waals surface area contributed by atoms with Gasteiger partial charge in [0, 0.05) is 24.7 Å². The first-order valence-corrected chi connectivity index (χ1v) is 21.2. The summed E-state index contributed by atoms with van der Waals surface area (Å²) in [5, 5.41) is 0.300. The predicted octanol–water partition coefficient (Wildman–Crippen LogP) is 9.58. The number of fused-ring (bicyclic) bond motifs is 1. The largest absolute Gasteiger partial charge is 0.462 e. The number of allylic oxidation sites excluding steroid dienone is 2. The van der Waals surface area contributed by atoms with Crippen LogP contribution < -0.4 is 0 Å². The molecule has 0 bridgehead atoms. The summed E-state index contributed by atoms with van der Waals surface area (Å²) in [6.45, 7) is 25.5. The Kier molecular flexibility index (Phi) is 12.2. The van der Waals surface area contributed by atoms with Gasteiger partial charge in [-0.05, 0) is 61.9 Å². The van der Waals surface area contributed by atoms with E-state index in [4.69, 9.17) is 13.6 Å². The highest BCUT2D eigenvalue weighted by Gasteiger charge is 2.48. The van der Waals surface area contributed by atoms with Crippen LogP contribution in [0.3, 0.4) is 0 Å². The lowest BCUT2D eigenvalue weighted by atomic mass is 9.89. The minimum absolute atomic E-state index is 0.0512. The van der Waals surface area contributed by atoms with Gasteiger partial charge in [0.05, 0.1) is 12.2 Å². The minimum atomic E-state index is -2.00. The molecule has 0 N–H and O–H groups in total. The average molecular weight is 565 g/mol. The fraction of sp³-hybridized carbons (Fsp3) is 0.844. The Morgan fingerprint density at radius 2 is 1.68 bits per heavy atom. The summed E-state index contributed by atoms with van der Waals surface area (Å²) in [4.78, 5) is 12.7. The summed E-state index contributed by atoms with van der Waals surface area (Å²) in [5.74, 6) is 0.399. The fourth-order valence-corrected chi connectivity index (χ4v) is 7.71. The highest BCUT2D eigenvalue weighted by molar-refractivity contribution is 6.74. The van der Waals surface area contributed by atoms with Crippen molar-refractivity contribution in [2.75, 3.05) is 0 Å². The van der Waals surface area contributed by atoms with Gasteiger partial charge in [0.2, 0.25) is 0 Å². The van der Waals surface area contributed by atoms with E-state index in [2.05, 4.69) is 99.0 Å². The highest BCUT2D eigenvalue weighted by atomic mass is 28.4. The second-order valence-corrected chi connectivity index (χ2v) is 24.3. The summed E-state index contributed by atoms with van der Waals surface area (Å²) in [6.07, 6.45) is 18.1. The molecule has 0 radical (unpaired) electrons. The van der Waals surface area contributed by atoms with E-state index in [1.54, 1.807) is 0 Å². The van der Waals surface area contributed by atoms with Gasteiger partial charge < -0.3 is 13.6 Å².